The molecule has 1 rings (SSSR count). The van der Waals surface area contributed by atoms with E-state index in [1.54, 1.807) is 0 Å². The van der Waals surface area contributed by atoms with Gasteiger partial charge in [-0.3, -0.25) is 4.90 Å². The van der Waals surface area contributed by atoms with Crippen LogP contribution in [-0.4, -0.2) is 18.0 Å². The SMILES string of the molecule is C=C(C)CN(CC#N)C(C)c1ccccc1. The van der Waals surface area contributed by atoms with Crippen LogP contribution in [0, 0.1) is 11.3 Å². The van der Waals surface area contributed by atoms with Crippen molar-refractivity contribution in [2.75, 3.05) is 13.1 Å². The monoisotopic (exact) mass is 214 g/mol. The molecule has 0 N–H and O–H groups in total. The molecule has 0 aliphatic carbocycles. The van der Waals surface area contributed by atoms with E-state index in [1.165, 1.54) is 5.56 Å². The van der Waals surface area contributed by atoms with E-state index >= 15 is 0 Å². The minimum atomic E-state index is 0.248. The number of nitrogens with zero attached hydrogens (tertiary/aromatic N) is 2. The zero-order valence-electron chi connectivity index (χ0n) is 9.98. The van der Waals surface area contributed by atoms with E-state index in [2.05, 4.69) is 36.6 Å². The molecule has 0 fully saturated rings. The lowest BCUT2D eigenvalue weighted by molar-refractivity contribution is 0.257. The van der Waals surface area contributed by atoms with Crippen molar-refractivity contribution >= 4 is 0 Å². The highest BCUT2D eigenvalue weighted by Crippen LogP contribution is 2.19. The van der Waals surface area contributed by atoms with Crippen molar-refractivity contribution in [2.24, 2.45) is 0 Å². The van der Waals surface area contributed by atoms with Crippen molar-refractivity contribution in [2.45, 2.75) is 19.9 Å². The molecule has 0 radical (unpaired) electrons. The summed E-state index contributed by atoms with van der Waals surface area (Å²) in [5.74, 6) is 0. The van der Waals surface area contributed by atoms with Gasteiger partial charge in [0.15, 0.2) is 0 Å². The van der Waals surface area contributed by atoms with Crippen LogP contribution in [0.15, 0.2) is 42.5 Å². The lowest BCUT2D eigenvalue weighted by Crippen LogP contribution is -2.29. The van der Waals surface area contributed by atoms with Crippen LogP contribution in [0.3, 0.4) is 0 Å². The first-order valence-electron chi connectivity index (χ1n) is 5.45. The third kappa shape index (κ3) is 3.52. The smallest absolute Gasteiger partial charge is 0.0873 e. The fourth-order valence-electron chi connectivity index (χ4n) is 1.71. The van der Waals surface area contributed by atoms with Crippen molar-refractivity contribution in [3.8, 4) is 6.07 Å². The summed E-state index contributed by atoms with van der Waals surface area (Å²) in [6, 6.07) is 12.7. The molecule has 0 spiro atoms. The van der Waals surface area contributed by atoms with Crippen LogP contribution in [0.25, 0.3) is 0 Å². The Kier molecular flexibility index (Phi) is 4.75. The number of hydrogen-bond acceptors (Lipinski definition) is 2. The standard InChI is InChI=1S/C14H18N2/c1-12(2)11-16(10-9-15)13(3)14-7-5-4-6-8-14/h4-8,13H,1,10-11H2,2-3H3. The maximum absolute atomic E-state index is 8.82. The van der Waals surface area contributed by atoms with E-state index < -0.39 is 0 Å². The third-order valence-corrected chi connectivity index (χ3v) is 2.58. The van der Waals surface area contributed by atoms with Gasteiger partial charge in [0, 0.05) is 12.6 Å². The van der Waals surface area contributed by atoms with E-state index in [0.717, 1.165) is 12.1 Å². The maximum atomic E-state index is 8.82. The Hall–Kier alpha value is -1.59. The molecule has 16 heavy (non-hydrogen) atoms. The molecule has 0 amide bonds. The second-order valence-corrected chi connectivity index (χ2v) is 4.11. The second kappa shape index (κ2) is 6.09. The summed E-state index contributed by atoms with van der Waals surface area (Å²) < 4.78 is 0. The van der Waals surface area contributed by atoms with Gasteiger partial charge in [-0.15, -0.1) is 0 Å². The summed E-state index contributed by atoms with van der Waals surface area (Å²) >= 11 is 0. The van der Waals surface area contributed by atoms with Crippen LogP contribution in [0.5, 0.6) is 0 Å². The molecule has 0 aliphatic heterocycles. The molecule has 84 valence electrons. The van der Waals surface area contributed by atoms with Crippen LogP contribution >= 0.6 is 0 Å². The van der Waals surface area contributed by atoms with E-state index in [1.807, 2.05) is 25.1 Å². The topological polar surface area (TPSA) is 27.0 Å². The summed E-state index contributed by atoms with van der Waals surface area (Å²) in [7, 11) is 0. The quantitative estimate of drug-likeness (QED) is 0.556. The van der Waals surface area contributed by atoms with Crippen molar-refractivity contribution in [1.82, 2.24) is 4.90 Å². The average Bonchev–Trinajstić information content (AvgIpc) is 2.28. The van der Waals surface area contributed by atoms with Gasteiger partial charge in [0.05, 0.1) is 12.6 Å². The predicted octanol–water partition coefficient (Wildman–Crippen LogP) is 3.15. The molecule has 0 aromatic heterocycles. The molecule has 0 heterocycles. The first-order chi connectivity index (χ1) is 7.65. The Morgan fingerprint density at radius 1 is 1.44 bits per heavy atom. The summed E-state index contributed by atoms with van der Waals surface area (Å²) in [6.45, 7) is 9.21. The lowest BCUT2D eigenvalue weighted by atomic mass is 10.1. The average molecular weight is 214 g/mol. The summed E-state index contributed by atoms with van der Waals surface area (Å²) in [5.41, 5.74) is 2.32. The van der Waals surface area contributed by atoms with Gasteiger partial charge < -0.3 is 0 Å². The van der Waals surface area contributed by atoms with E-state index in [0.29, 0.717) is 6.54 Å². The lowest BCUT2D eigenvalue weighted by Gasteiger charge is -2.27. The Labute approximate surface area is 97.8 Å². The van der Waals surface area contributed by atoms with Gasteiger partial charge >= 0.3 is 0 Å². The Bertz CT molecular complexity index is 375. The highest BCUT2D eigenvalue weighted by atomic mass is 15.1. The molecule has 1 aromatic rings. The summed E-state index contributed by atoms with van der Waals surface area (Å²) in [4.78, 5) is 2.12. The van der Waals surface area contributed by atoms with Gasteiger partial charge in [-0.1, -0.05) is 42.5 Å². The number of rotatable bonds is 5. The minimum Gasteiger partial charge on any atom is -0.280 e. The normalized spacial score (nSPS) is 12.1. The van der Waals surface area contributed by atoms with Gasteiger partial charge in [-0.2, -0.15) is 5.26 Å². The number of benzene rings is 1. The third-order valence-electron chi connectivity index (χ3n) is 2.58. The van der Waals surface area contributed by atoms with Gasteiger partial charge in [0.1, 0.15) is 0 Å². The predicted molar refractivity (Wildman–Crippen MR) is 66.9 cm³/mol. The zero-order chi connectivity index (χ0) is 12.0. The molecule has 2 nitrogen and oxygen atoms in total. The van der Waals surface area contributed by atoms with Crippen molar-refractivity contribution in [1.29, 1.82) is 5.26 Å². The molecule has 0 saturated heterocycles. The largest absolute Gasteiger partial charge is 0.280 e. The first kappa shape index (κ1) is 12.5. The number of hydrogen-bond donors (Lipinski definition) is 0. The molecular weight excluding hydrogens is 196 g/mol. The molecule has 1 unspecified atom stereocenters. The van der Waals surface area contributed by atoms with Crippen molar-refractivity contribution < 1.29 is 0 Å². The van der Waals surface area contributed by atoms with Gasteiger partial charge in [-0.25, -0.2) is 0 Å². The van der Waals surface area contributed by atoms with Crippen LogP contribution in [-0.2, 0) is 0 Å². The van der Waals surface area contributed by atoms with E-state index in [-0.39, 0.29) is 6.04 Å². The van der Waals surface area contributed by atoms with Crippen molar-refractivity contribution in [3.05, 3.63) is 48.0 Å². The zero-order valence-corrected chi connectivity index (χ0v) is 9.98. The van der Waals surface area contributed by atoms with Gasteiger partial charge in [0.2, 0.25) is 0 Å². The highest BCUT2D eigenvalue weighted by Gasteiger charge is 2.14. The fourth-order valence-corrected chi connectivity index (χ4v) is 1.71. The van der Waals surface area contributed by atoms with Crippen LogP contribution in [0.4, 0.5) is 0 Å². The fraction of sp³-hybridized carbons (Fsp3) is 0.357. The number of nitriles is 1. The van der Waals surface area contributed by atoms with Crippen LogP contribution in [0.2, 0.25) is 0 Å². The Morgan fingerprint density at radius 3 is 2.56 bits per heavy atom. The van der Waals surface area contributed by atoms with Gasteiger partial charge in [-0.05, 0) is 19.4 Å². The molecule has 0 aliphatic rings. The molecule has 0 bridgehead atoms. The van der Waals surface area contributed by atoms with E-state index in [4.69, 9.17) is 5.26 Å². The highest BCUT2D eigenvalue weighted by molar-refractivity contribution is 5.19. The van der Waals surface area contributed by atoms with Crippen LogP contribution < -0.4 is 0 Å². The minimum absolute atomic E-state index is 0.248. The summed E-state index contributed by atoms with van der Waals surface area (Å²) in [5, 5.41) is 8.82. The Balaban J connectivity index is 2.79. The molecule has 2 heteroatoms. The molecule has 1 aromatic carbocycles. The first-order valence-corrected chi connectivity index (χ1v) is 5.45. The maximum Gasteiger partial charge on any atom is 0.0873 e. The molecular formula is C14H18N2. The molecule has 1 atom stereocenters. The van der Waals surface area contributed by atoms with Crippen molar-refractivity contribution in [3.63, 3.8) is 0 Å². The summed E-state index contributed by atoms with van der Waals surface area (Å²) in [6.07, 6.45) is 0. The Morgan fingerprint density at radius 2 is 2.06 bits per heavy atom. The molecule has 0 saturated carbocycles. The van der Waals surface area contributed by atoms with Gasteiger partial charge in [0.25, 0.3) is 0 Å². The van der Waals surface area contributed by atoms with E-state index in [9.17, 15) is 0 Å². The second-order valence-electron chi connectivity index (χ2n) is 4.11. The van der Waals surface area contributed by atoms with Crippen LogP contribution in [0.1, 0.15) is 25.5 Å².